The van der Waals surface area contributed by atoms with Crippen molar-refractivity contribution >= 4 is 40.7 Å². The lowest BCUT2D eigenvalue weighted by Crippen LogP contribution is -2.39. The summed E-state index contributed by atoms with van der Waals surface area (Å²) in [6, 6.07) is 14.6. The minimum absolute atomic E-state index is 0.262. The van der Waals surface area contributed by atoms with E-state index in [4.69, 9.17) is 23.2 Å². The van der Waals surface area contributed by atoms with Crippen LogP contribution in [0.3, 0.4) is 0 Å². The largest absolute Gasteiger partial charge is 0.351 e. The summed E-state index contributed by atoms with van der Waals surface area (Å²) < 4.78 is 0. The monoisotopic (exact) mass is 362 g/mol. The summed E-state index contributed by atoms with van der Waals surface area (Å²) in [4.78, 5) is 25.0. The van der Waals surface area contributed by atoms with E-state index in [0.29, 0.717) is 30.1 Å². The maximum absolute atomic E-state index is 12.5. The number of halogens is 2. The van der Waals surface area contributed by atoms with Crippen LogP contribution in [0, 0.1) is 5.41 Å². The minimum atomic E-state index is -1.01. The lowest BCUT2D eigenvalue weighted by Gasteiger charge is -2.16. The summed E-state index contributed by atoms with van der Waals surface area (Å²) in [6.07, 6.45) is 1.05. The predicted octanol–water partition coefficient (Wildman–Crippen LogP) is 4.03. The summed E-state index contributed by atoms with van der Waals surface area (Å²) in [5.74, 6) is -0.612. The van der Waals surface area contributed by atoms with Crippen LogP contribution in [0.5, 0.6) is 0 Å². The third-order valence-electron chi connectivity index (χ3n) is 4.11. The average Bonchev–Trinajstić information content (AvgIpc) is 3.40. The number of amides is 2. The van der Waals surface area contributed by atoms with Gasteiger partial charge in [-0.05, 0) is 30.5 Å². The lowest BCUT2D eigenvalue weighted by molar-refractivity contribution is -0.134. The van der Waals surface area contributed by atoms with E-state index >= 15 is 0 Å². The Balaban J connectivity index is 1.65. The minimum Gasteiger partial charge on any atom is -0.351 e. The van der Waals surface area contributed by atoms with Gasteiger partial charge in [-0.2, -0.15) is 0 Å². The quantitative estimate of drug-likeness (QED) is 0.788. The van der Waals surface area contributed by atoms with Crippen molar-refractivity contribution in [2.24, 2.45) is 5.41 Å². The van der Waals surface area contributed by atoms with Crippen molar-refractivity contribution in [1.82, 2.24) is 5.32 Å². The average molecular weight is 363 g/mol. The van der Waals surface area contributed by atoms with Crippen LogP contribution in [0.15, 0.2) is 48.5 Å². The first-order valence-corrected chi connectivity index (χ1v) is 8.36. The van der Waals surface area contributed by atoms with Crippen molar-refractivity contribution in [3.05, 3.63) is 64.1 Å². The molecular formula is C18H16Cl2N2O2. The van der Waals surface area contributed by atoms with E-state index in [1.54, 1.807) is 18.2 Å². The van der Waals surface area contributed by atoms with Crippen molar-refractivity contribution in [2.45, 2.75) is 19.4 Å². The first-order valence-electron chi connectivity index (χ1n) is 7.61. The Labute approximate surface area is 150 Å². The summed E-state index contributed by atoms with van der Waals surface area (Å²) in [5, 5.41) is 6.18. The van der Waals surface area contributed by atoms with Gasteiger partial charge >= 0.3 is 0 Å². The first-order chi connectivity index (χ1) is 11.5. The Morgan fingerprint density at radius 3 is 2.33 bits per heavy atom. The number of carbonyl (C=O) groups excluding carboxylic acids is 2. The maximum atomic E-state index is 12.5. The Morgan fingerprint density at radius 2 is 1.67 bits per heavy atom. The van der Waals surface area contributed by atoms with Crippen LogP contribution in [-0.2, 0) is 16.1 Å². The highest BCUT2D eigenvalue weighted by Crippen LogP contribution is 2.47. The van der Waals surface area contributed by atoms with Crippen LogP contribution >= 0.6 is 23.2 Å². The third kappa shape index (κ3) is 3.40. The maximum Gasteiger partial charge on any atom is 0.240 e. The number of rotatable bonds is 5. The fourth-order valence-electron chi connectivity index (χ4n) is 2.47. The predicted molar refractivity (Wildman–Crippen MR) is 95.0 cm³/mol. The van der Waals surface area contributed by atoms with Gasteiger partial charge in [0.05, 0.1) is 15.7 Å². The highest BCUT2D eigenvalue weighted by Gasteiger charge is 2.56. The first kappa shape index (κ1) is 16.8. The molecule has 1 fully saturated rings. The standard InChI is InChI=1S/C18H16Cl2N2O2/c19-13-7-4-8-14(15(13)20)22-17(24)18(9-10-18)16(23)21-11-12-5-2-1-3-6-12/h1-8H,9-11H2,(H,21,23)(H,22,24). The number of hydrogen-bond donors (Lipinski definition) is 2. The Hall–Kier alpha value is -2.04. The van der Waals surface area contributed by atoms with Crippen molar-refractivity contribution in [1.29, 1.82) is 0 Å². The number of benzene rings is 2. The Bertz CT molecular complexity index is 774. The Morgan fingerprint density at radius 1 is 0.958 bits per heavy atom. The molecule has 0 unspecified atom stereocenters. The van der Waals surface area contributed by atoms with Gasteiger partial charge in [0.25, 0.3) is 0 Å². The third-order valence-corrected chi connectivity index (χ3v) is 4.93. The van der Waals surface area contributed by atoms with E-state index in [9.17, 15) is 9.59 Å². The number of nitrogens with one attached hydrogen (secondary N) is 2. The van der Waals surface area contributed by atoms with E-state index in [0.717, 1.165) is 5.56 Å². The molecule has 2 aromatic rings. The van der Waals surface area contributed by atoms with Gasteiger partial charge in [0.15, 0.2) is 0 Å². The van der Waals surface area contributed by atoms with Crippen molar-refractivity contribution in [3.8, 4) is 0 Å². The van der Waals surface area contributed by atoms with Gasteiger partial charge in [0, 0.05) is 6.54 Å². The molecule has 1 aliphatic carbocycles. The second kappa shape index (κ2) is 6.83. The van der Waals surface area contributed by atoms with Crippen LogP contribution in [0.2, 0.25) is 10.0 Å². The van der Waals surface area contributed by atoms with Gasteiger partial charge < -0.3 is 10.6 Å². The van der Waals surface area contributed by atoms with Crippen LogP contribution in [0.4, 0.5) is 5.69 Å². The van der Waals surface area contributed by atoms with E-state index in [1.807, 2.05) is 30.3 Å². The van der Waals surface area contributed by atoms with Crippen LogP contribution in [-0.4, -0.2) is 11.8 Å². The summed E-state index contributed by atoms with van der Waals surface area (Å²) in [5.41, 5.74) is 0.386. The van der Waals surface area contributed by atoms with E-state index in [-0.39, 0.29) is 16.8 Å². The molecule has 24 heavy (non-hydrogen) atoms. The van der Waals surface area contributed by atoms with Crippen molar-refractivity contribution in [3.63, 3.8) is 0 Å². The van der Waals surface area contributed by atoms with Crippen LogP contribution in [0.25, 0.3) is 0 Å². The number of hydrogen-bond acceptors (Lipinski definition) is 2. The molecule has 0 bridgehead atoms. The molecule has 0 heterocycles. The van der Waals surface area contributed by atoms with E-state index in [1.165, 1.54) is 0 Å². The van der Waals surface area contributed by atoms with E-state index < -0.39 is 5.41 Å². The molecule has 1 aliphatic rings. The molecule has 0 spiro atoms. The molecule has 1 saturated carbocycles. The zero-order valence-corrected chi connectivity index (χ0v) is 14.3. The zero-order valence-electron chi connectivity index (χ0n) is 12.8. The van der Waals surface area contributed by atoms with Crippen molar-refractivity contribution in [2.75, 3.05) is 5.32 Å². The number of carbonyl (C=O) groups is 2. The molecule has 0 aliphatic heterocycles. The van der Waals surface area contributed by atoms with Gasteiger partial charge in [-0.3, -0.25) is 9.59 Å². The van der Waals surface area contributed by atoms with Gasteiger partial charge in [0.1, 0.15) is 5.41 Å². The lowest BCUT2D eigenvalue weighted by atomic mass is 10.0. The topological polar surface area (TPSA) is 58.2 Å². The normalized spacial score (nSPS) is 14.8. The highest BCUT2D eigenvalue weighted by molar-refractivity contribution is 6.44. The molecule has 0 atom stereocenters. The molecule has 0 saturated heterocycles. The fraction of sp³-hybridized carbons (Fsp3) is 0.222. The molecule has 0 radical (unpaired) electrons. The fourth-order valence-corrected chi connectivity index (χ4v) is 2.82. The number of anilines is 1. The second-order valence-corrected chi connectivity index (χ2v) is 6.59. The Kier molecular flexibility index (Phi) is 4.78. The summed E-state index contributed by atoms with van der Waals surface area (Å²) >= 11 is 12.0. The van der Waals surface area contributed by atoms with Crippen LogP contribution in [0.1, 0.15) is 18.4 Å². The van der Waals surface area contributed by atoms with Gasteiger partial charge in [0.2, 0.25) is 11.8 Å². The zero-order chi connectivity index (χ0) is 17.2. The van der Waals surface area contributed by atoms with Gasteiger partial charge in [-0.25, -0.2) is 0 Å². The van der Waals surface area contributed by atoms with Crippen molar-refractivity contribution < 1.29 is 9.59 Å². The molecule has 124 valence electrons. The highest BCUT2D eigenvalue weighted by atomic mass is 35.5. The molecule has 3 rings (SSSR count). The SMILES string of the molecule is O=C(NCc1ccccc1)C1(C(=O)Nc2cccc(Cl)c2Cl)CC1. The summed E-state index contributed by atoms with van der Waals surface area (Å²) in [6.45, 7) is 0.395. The van der Waals surface area contributed by atoms with Gasteiger partial charge in [-0.15, -0.1) is 0 Å². The second-order valence-electron chi connectivity index (χ2n) is 5.81. The molecule has 4 nitrogen and oxygen atoms in total. The molecular weight excluding hydrogens is 347 g/mol. The van der Waals surface area contributed by atoms with E-state index in [2.05, 4.69) is 10.6 Å². The molecule has 6 heteroatoms. The smallest absolute Gasteiger partial charge is 0.240 e. The van der Waals surface area contributed by atoms with Gasteiger partial charge in [-0.1, -0.05) is 59.6 Å². The summed E-state index contributed by atoms with van der Waals surface area (Å²) in [7, 11) is 0. The molecule has 2 N–H and O–H groups in total. The molecule has 2 amide bonds. The van der Waals surface area contributed by atoms with Crippen LogP contribution < -0.4 is 10.6 Å². The molecule has 2 aromatic carbocycles. The molecule has 0 aromatic heterocycles.